The lowest BCUT2D eigenvalue weighted by molar-refractivity contribution is 0.412. The first-order valence-corrected chi connectivity index (χ1v) is 8.15. The Kier molecular flexibility index (Phi) is 3.69. The molecule has 20 heavy (non-hydrogen) atoms. The summed E-state index contributed by atoms with van der Waals surface area (Å²) in [6.45, 7) is 7.40. The highest BCUT2D eigenvalue weighted by Crippen LogP contribution is 2.36. The highest BCUT2D eigenvalue weighted by atomic mass is 32.1. The maximum atomic E-state index is 5.88. The SMILES string of the molecule is CC(C)(C)NCCc1ncc(-c2cc3c(s2)CCC3)o1. The summed E-state index contributed by atoms with van der Waals surface area (Å²) >= 11 is 1.87. The van der Waals surface area contributed by atoms with Gasteiger partial charge in [0.1, 0.15) is 0 Å². The molecule has 0 spiro atoms. The molecule has 0 saturated heterocycles. The molecule has 0 radical (unpaired) electrons. The maximum Gasteiger partial charge on any atom is 0.196 e. The molecule has 0 amide bonds. The molecular weight excluding hydrogens is 268 g/mol. The molecule has 3 nitrogen and oxygen atoms in total. The molecule has 2 aromatic rings. The summed E-state index contributed by atoms with van der Waals surface area (Å²) in [5.74, 6) is 1.75. The van der Waals surface area contributed by atoms with Crippen molar-refractivity contribution in [3.05, 3.63) is 28.6 Å². The van der Waals surface area contributed by atoms with E-state index in [4.69, 9.17) is 4.42 Å². The van der Waals surface area contributed by atoms with E-state index in [0.717, 1.165) is 24.6 Å². The fourth-order valence-electron chi connectivity index (χ4n) is 2.53. The quantitative estimate of drug-likeness (QED) is 0.930. The van der Waals surface area contributed by atoms with E-state index in [1.54, 1.807) is 0 Å². The van der Waals surface area contributed by atoms with Crippen LogP contribution in [0.25, 0.3) is 10.6 Å². The summed E-state index contributed by atoms with van der Waals surface area (Å²) in [4.78, 5) is 7.16. The summed E-state index contributed by atoms with van der Waals surface area (Å²) in [6, 6.07) is 2.28. The first kappa shape index (κ1) is 13.8. The zero-order valence-electron chi connectivity index (χ0n) is 12.5. The van der Waals surface area contributed by atoms with Crippen molar-refractivity contribution in [3.8, 4) is 10.6 Å². The summed E-state index contributed by atoms with van der Waals surface area (Å²) < 4.78 is 5.88. The maximum absolute atomic E-state index is 5.88. The van der Waals surface area contributed by atoms with Gasteiger partial charge in [0.15, 0.2) is 11.7 Å². The summed E-state index contributed by atoms with van der Waals surface area (Å²) in [7, 11) is 0. The van der Waals surface area contributed by atoms with Gasteiger partial charge in [-0.25, -0.2) is 4.98 Å². The van der Waals surface area contributed by atoms with Crippen molar-refractivity contribution < 1.29 is 4.42 Å². The van der Waals surface area contributed by atoms with Gasteiger partial charge < -0.3 is 9.73 Å². The van der Waals surface area contributed by atoms with Crippen molar-refractivity contribution in [1.29, 1.82) is 0 Å². The molecule has 0 aliphatic heterocycles. The zero-order valence-corrected chi connectivity index (χ0v) is 13.3. The smallest absolute Gasteiger partial charge is 0.196 e. The monoisotopic (exact) mass is 290 g/mol. The lowest BCUT2D eigenvalue weighted by Crippen LogP contribution is -2.37. The molecule has 0 aromatic carbocycles. The van der Waals surface area contributed by atoms with Gasteiger partial charge in [-0.15, -0.1) is 11.3 Å². The van der Waals surface area contributed by atoms with E-state index in [1.165, 1.54) is 34.6 Å². The standard InChI is InChI=1S/C16H22N2OS/c1-16(2,3)18-8-7-15-17-10-12(19-15)14-9-11-5-4-6-13(11)20-14/h9-10,18H,4-8H2,1-3H3. The highest BCUT2D eigenvalue weighted by molar-refractivity contribution is 7.15. The Morgan fingerprint density at radius 2 is 2.20 bits per heavy atom. The van der Waals surface area contributed by atoms with Gasteiger partial charge >= 0.3 is 0 Å². The van der Waals surface area contributed by atoms with Gasteiger partial charge in [0.2, 0.25) is 0 Å². The third-order valence-corrected chi connectivity index (χ3v) is 4.79. The van der Waals surface area contributed by atoms with Crippen molar-refractivity contribution >= 4 is 11.3 Å². The van der Waals surface area contributed by atoms with E-state index >= 15 is 0 Å². The van der Waals surface area contributed by atoms with Crippen molar-refractivity contribution in [2.24, 2.45) is 0 Å². The molecule has 108 valence electrons. The number of nitrogens with zero attached hydrogens (tertiary/aromatic N) is 1. The fraction of sp³-hybridized carbons (Fsp3) is 0.562. The molecule has 1 aliphatic carbocycles. The molecule has 4 heteroatoms. The Balaban J connectivity index is 1.64. The minimum atomic E-state index is 0.143. The zero-order chi connectivity index (χ0) is 14.2. The molecule has 0 saturated carbocycles. The van der Waals surface area contributed by atoms with Gasteiger partial charge in [0.05, 0.1) is 11.1 Å². The average molecular weight is 290 g/mol. The lowest BCUT2D eigenvalue weighted by atomic mass is 10.1. The van der Waals surface area contributed by atoms with Crippen LogP contribution in [0.4, 0.5) is 0 Å². The number of hydrogen-bond donors (Lipinski definition) is 1. The van der Waals surface area contributed by atoms with E-state index in [2.05, 4.69) is 37.1 Å². The minimum absolute atomic E-state index is 0.143. The van der Waals surface area contributed by atoms with Crippen LogP contribution in [0.5, 0.6) is 0 Å². The van der Waals surface area contributed by atoms with E-state index in [0.29, 0.717) is 0 Å². The van der Waals surface area contributed by atoms with Crippen LogP contribution in [0.2, 0.25) is 0 Å². The second-order valence-corrected chi connectivity index (χ2v) is 7.59. The Labute approximate surface area is 124 Å². The van der Waals surface area contributed by atoms with Crippen LogP contribution in [0.1, 0.15) is 43.5 Å². The predicted molar refractivity (Wildman–Crippen MR) is 83.3 cm³/mol. The van der Waals surface area contributed by atoms with Crippen LogP contribution >= 0.6 is 11.3 Å². The number of thiophene rings is 1. The Morgan fingerprint density at radius 1 is 1.35 bits per heavy atom. The van der Waals surface area contributed by atoms with E-state index in [1.807, 2.05) is 17.5 Å². The minimum Gasteiger partial charge on any atom is -0.440 e. The van der Waals surface area contributed by atoms with Crippen LogP contribution in [0, 0.1) is 0 Å². The Hall–Kier alpha value is -1.13. The number of aromatic nitrogens is 1. The number of rotatable bonds is 4. The molecular formula is C16H22N2OS. The van der Waals surface area contributed by atoms with E-state index in [-0.39, 0.29) is 5.54 Å². The molecule has 0 atom stereocenters. The Morgan fingerprint density at radius 3 is 2.95 bits per heavy atom. The number of aryl methyl sites for hydroxylation is 2. The second kappa shape index (κ2) is 5.34. The summed E-state index contributed by atoms with van der Waals surface area (Å²) in [6.07, 6.45) is 6.47. The second-order valence-electron chi connectivity index (χ2n) is 6.46. The summed E-state index contributed by atoms with van der Waals surface area (Å²) in [5, 5.41) is 3.45. The molecule has 0 fully saturated rings. The van der Waals surface area contributed by atoms with Crippen LogP contribution < -0.4 is 5.32 Å². The van der Waals surface area contributed by atoms with Crippen LogP contribution in [0.3, 0.4) is 0 Å². The lowest BCUT2D eigenvalue weighted by Gasteiger charge is -2.19. The summed E-state index contributed by atoms with van der Waals surface area (Å²) in [5.41, 5.74) is 1.65. The van der Waals surface area contributed by atoms with Gasteiger partial charge in [-0.3, -0.25) is 0 Å². The van der Waals surface area contributed by atoms with Gasteiger partial charge in [-0.1, -0.05) is 0 Å². The van der Waals surface area contributed by atoms with Gasteiger partial charge in [0.25, 0.3) is 0 Å². The van der Waals surface area contributed by atoms with Crippen molar-refractivity contribution in [3.63, 3.8) is 0 Å². The first-order valence-electron chi connectivity index (χ1n) is 7.33. The third kappa shape index (κ3) is 3.13. The number of fused-ring (bicyclic) bond motifs is 1. The van der Waals surface area contributed by atoms with Crippen LogP contribution in [-0.4, -0.2) is 17.1 Å². The normalized spacial score (nSPS) is 14.8. The largest absolute Gasteiger partial charge is 0.440 e. The van der Waals surface area contributed by atoms with Crippen molar-refractivity contribution in [2.45, 2.75) is 52.0 Å². The van der Waals surface area contributed by atoms with E-state index < -0.39 is 0 Å². The molecule has 2 heterocycles. The third-order valence-electron chi connectivity index (χ3n) is 3.54. The number of oxazole rings is 1. The van der Waals surface area contributed by atoms with Gasteiger partial charge in [0, 0.05) is 23.4 Å². The molecule has 0 bridgehead atoms. The van der Waals surface area contributed by atoms with Crippen LogP contribution in [-0.2, 0) is 19.3 Å². The molecule has 1 aliphatic rings. The van der Waals surface area contributed by atoms with Gasteiger partial charge in [-0.05, 0) is 51.7 Å². The molecule has 3 rings (SSSR count). The van der Waals surface area contributed by atoms with Crippen LogP contribution in [0.15, 0.2) is 16.7 Å². The molecule has 0 unspecified atom stereocenters. The predicted octanol–water partition coefficient (Wildman–Crippen LogP) is 3.82. The number of hydrogen-bond acceptors (Lipinski definition) is 4. The molecule has 1 N–H and O–H groups in total. The number of nitrogens with one attached hydrogen (secondary N) is 1. The average Bonchev–Trinajstić information content (AvgIpc) is 2.99. The molecule has 2 aromatic heterocycles. The van der Waals surface area contributed by atoms with E-state index in [9.17, 15) is 0 Å². The van der Waals surface area contributed by atoms with Gasteiger partial charge in [-0.2, -0.15) is 0 Å². The Bertz CT molecular complexity index is 570. The first-order chi connectivity index (χ1) is 9.51. The van der Waals surface area contributed by atoms with Crippen molar-refractivity contribution in [1.82, 2.24) is 10.3 Å². The fourth-order valence-corrected chi connectivity index (χ4v) is 3.73. The highest BCUT2D eigenvalue weighted by Gasteiger charge is 2.17. The topological polar surface area (TPSA) is 38.1 Å². The van der Waals surface area contributed by atoms with Crippen molar-refractivity contribution in [2.75, 3.05) is 6.54 Å².